The van der Waals surface area contributed by atoms with Gasteiger partial charge in [0, 0.05) is 43.5 Å². The molecule has 1 amide bonds. The molecule has 2 aromatic heterocycles. The number of aryl methyl sites for hydroxylation is 1. The molecule has 2 aliphatic heterocycles. The fraction of sp³-hybridized carbons (Fsp3) is 0.500. The van der Waals surface area contributed by atoms with Crippen LogP contribution >= 0.6 is 0 Å². The van der Waals surface area contributed by atoms with E-state index in [4.69, 9.17) is 4.98 Å². The third-order valence-corrected chi connectivity index (χ3v) is 7.09. The molecule has 2 fully saturated rings. The summed E-state index contributed by atoms with van der Waals surface area (Å²) >= 11 is 0. The lowest BCUT2D eigenvalue weighted by Gasteiger charge is -2.24. The van der Waals surface area contributed by atoms with E-state index in [9.17, 15) is 9.18 Å². The maximum absolute atomic E-state index is 13.9. The van der Waals surface area contributed by atoms with Crippen molar-refractivity contribution in [2.75, 3.05) is 19.6 Å². The predicted molar refractivity (Wildman–Crippen MR) is 127 cm³/mol. The summed E-state index contributed by atoms with van der Waals surface area (Å²) in [5.74, 6) is 0.635. The summed E-state index contributed by atoms with van der Waals surface area (Å²) in [5, 5.41) is 1.10. The first-order chi connectivity index (χ1) is 15.9. The third kappa shape index (κ3) is 4.14. The van der Waals surface area contributed by atoms with Gasteiger partial charge in [0.2, 0.25) is 0 Å². The number of carbonyl (C=O) groups is 1. The Morgan fingerprint density at radius 3 is 2.70 bits per heavy atom. The van der Waals surface area contributed by atoms with Crippen molar-refractivity contribution in [1.82, 2.24) is 24.3 Å². The van der Waals surface area contributed by atoms with E-state index in [-0.39, 0.29) is 23.8 Å². The Hall–Kier alpha value is -2.80. The van der Waals surface area contributed by atoms with Crippen LogP contribution in [-0.2, 0) is 6.54 Å². The van der Waals surface area contributed by atoms with Crippen molar-refractivity contribution in [2.45, 2.75) is 65.1 Å². The minimum absolute atomic E-state index is 0.0496. The molecular formula is C26H32FN5O. The Labute approximate surface area is 194 Å². The number of nitrogens with zero attached hydrogens (tertiary/aromatic N) is 5. The normalized spacial score (nSPS) is 19.3. The summed E-state index contributed by atoms with van der Waals surface area (Å²) in [6, 6.07) is 5.44. The van der Waals surface area contributed by atoms with Crippen LogP contribution in [0, 0.1) is 12.7 Å². The molecule has 33 heavy (non-hydrogen) atoms. The second kappa shape index (κ2) is 8.86. The molecule has 0 saturated carbocycles. The van der Waals surface area contributed by atoms with E-state index in [1.807, 2.05) is 17.9 Å². The predicted octanol–water partition coefficient (Wildman–Crippen LogP) is 5.03. The van der Waals surface area contributed by atoms with Crippen LogP contribution < -0.4 is 0 Å². The molecule has 3 aromatic rings. The van der Waals surface area contributed by atoms with Crippen molar-refractivity contribution in [3.8, 4) is 0 Å². The van der Waals surface area contributed by atoms with Gasteiger partial charge in [0.05, 0.1) is 22.8 Å². The number of benzene rings is 1. The lowest BCUT2D eigenvalue weighted by molar-refractivity contribution is 0.0791. The maximum Gasteiger partial charge on any atom is 0.257 e. The molecule has 0 spiro atoms. The van der Waals surface area contributed by atoms with Crippen LogP contribution in [0.1, 0.15) is 79.1 Å². The van der Waals surface area contributed by atoms with Crippen molar-refractivity contribution in [3.05, 3.63) is 59.1 Å². The van der Waals surface area contributed by atoms with Crippen molar-refractivity contribution in [2.24, 2.45) is 0 Å². The molecule has 4 heterocycles. The van der Waals surface area contributed by atoms with E-state index in [0.29, 0.717) is 5.56 Å². The van der Waals surface area contributed by atoms with Crippen molar-refractivity contribution in [3.63, 3.8) is 0 Å². The van der Waals surface area contributed by atoms with Crippen LogP contribution in [0.5, 0.6) is 0 Å². The van der Waals surface area contributed by atoms with Crippen LogP contribution in [0.2, 0.25) is 0 Å². The molecule has 1 atom stereocenters. The first-order valence-electron chi connectivity index (χ1n) is 12.1. The summed E-state index contributed by atoms with van der Waals surface area (Å²) in [4.78, 5) is 26.6. The Kier molecular flexibility index (Phi) is 5.91. The first-order valence-corrected chi connectivity index (χ1v) is 12.1. The van der Waals surface area contributed by atoms with Crippen LogP contribution in [-0.4, -0.2) is 49.9 Å². The number of carbonyl (C=O) groups excluding carboxylic acids is 1. The van der Waals surface area contributed by atoms with E-state index in [2.05, 4.69) is 34.5 Å². The fourth-order valence-corrected chi connectivity index (χ4v) is 5.32. The molecule has 0 aliphatic carbocycles. The minimum atomic E-state index is -0.208. The number of amides is 1. The number of likely N-dealkylation sites (tertiary alicyclic amines) is 2. The average Bonchev–Trinajstić information content (AvgIpc) is 3.54. The molecule has 7 heteroatoms. The SMILES string of the molecule is Cc1nc(C2CCCN2Cc2cn(C(C)C)c3cc(F)ccc23)ncc1C(=O)N1CCCC1. The topological polar surface area (TPSA) is 54.3 Å². The van der Waals surface area contributed by atoms with Gasteiger partial charge in [0.1, 0.15) is 11.6 Å². The Balaban J connectivity index is 1.40. The second-order valence-electron chi connectivity index (χ2n) is 9.67. The van der Waals surface area contributed by atoms with Crippen LogP contribution in [0.3, 0.4) is 0 Å². The molecule has 2 saturated heterocycles. The van der Waals surface area contributed by atoms with E-state index >= 15 is 0 Å². The van der Waals surface area contributed by atoms with Crippen molar-refractivity contribution >= 4 is 16.8 Å². The number of fused-ring (bicyclic) bond motifs is 1. The van der Waals surface area contributed by atoms with E-state index < -0.39 is 0 Å². The van der Waals surface area contributed by atoms with Gasteiger partial charge in [-0.05, 0) is 76.8 Å². The van der Waals surface area contributed by atoms with Gasteiger partial charge >= 0.3 is 0 Å². The fourth-order valence-electron chi connectivity index (χ4n) is 5.32. The highest BCUT2D eigenvalue weighted by Gasteiger charge is 2.30. The van der Waals surface area contributed by atoms with Gasteiger partial charge in [0.25, 0.3) is 5.91 Å². The smallest absolute Gasteiger partial charge is 0.257 e. The zero-order valence-electron chi connectivity index (χ0n) is 19.7. The molecule has 0 N–H and O–H groups in total. The van der Waals surface area contributed by atoms with E-state index in [1.54, 1.807) is 18.3 Å². The van der Waals surface area contributed by atoms with Crippen molar-refractivity contribution < 1.29 is 9.18 Å². The van der Waals surface area contributed by atoms with Gasteiger partial charge in [-0.25, -0.2) is 14.4 Å². The number of hydrogen-bond donors (Lipinski definition) is 0. The lowest BCUT2D eigenvalue weighted by atomic mass is 10.1. The number of rotatable bonds is 5. The van der Waals surface area contributed by atoms with Gasteiger partial charge < -0.3 is 9.47 Å². The Morgan fingerprint density at radius 2 is 1.97 bits per heavy atom. The highest BCUT2D eigenvalue weighted by Crippen LogP contribution is 2.34. The number of halogens is 1. The molecule has 5 rings (SSSR count). The highest BCUT2D eigenvalue weighted by molar-refractivity contribution is 5.95. The molecule has 1 unspecified atom stereocenters. The van der Waals surface area contributed by atoms with E-state index in [1.165, 1.54) is 5.56 Å². The summed E-state index contributed by atoms with van der Waals surface area (Å²) in [5.41, 5.74) is 3.51. The van der Waals surface area contributed by atoms with E-state index in [0.717, 1.165) is 74.3 Å². The van der Waals surface area contributed by atoms with Gasteiger partial charge in [-0.3, -0.25) is 9.69 Å². The quantitative estimate of drug-likeness (QED) is 0.548. The molecule has 174 valence electrons. The summed E-state index contributed by atoms with van der Waals surface area (Å²) in [6.07, 6.45) is 8.10. The van der Waals surface area contributed by atoms with Crippen molar-refractivity contribution in [1.29, 1.82) is 0 Å². The lowest BCUT2D eigenvalue weighted by Crippen LogP contribution is -2.29. The first kappa shape index (κ1) is 22.0. The minimum Gasteiger partial charge on any atom is -0.345 e. The summed E-state index contributed by atoms with van der Waals surface area (Å²) in [7, 11) is 0. The third-order valence-electron chi connectivity index (χ3n) is 7.09. The highest BCUT2D eigenvalue weighted by atomic mass is 19.1. The summed E-state index contributed by atoms with van der Waals surface area (Å²) in [6.45, 7) is 9.54. The Morgan fingerprint density at radius 1 is 1.18 bits per heavy atom. The molecule has 6 nitrogen and oxygen atoms in total. The molecule has 1 aromatic carbocycles. The van der Waals surface area contributed by atoms with Crippen LogP contribution in [0.15, 0.2) is 30.6 Å². The van der Waals surface area contributed by atoms with Gasteiger partial charge in [-0.1, -0.05) is 0 Å². The summed E-state index contributed by atoms with van der Waals surface area (Å²) < 4.78 is 16.1. The zero-order chi connectivity index (χ0) is 23.1. The molecular weight excluding hydrogens is 417 g/mol. The molecule has 0 bridgehead atoms. The van der Waals surface area contributed by atoms with Gasteiger partial charge in [-0.15, -0.1) is 0 Å². The Bertz CT molecular complexity index is 1180. The molecule has 2 aliphatic rings. The second-order valence-corrected chi connectivity index (χ2v) is 9.67. The molecule has 0 radical (unpaired) electrons. The van der Waals surface area contributed by atoms with Crippen LogP contribution in [0.4, 0.5) is 4.39 Å². The standard InChI is InChI=1S/C26H32FN5O/c1-17(2)32-16-19(21-9-8-20(27)13-24(21)32)15-31-12-6-7-23(31)25-28-14-22(18(3)29-25)26(33)30-10-4-5-11-30/h8-9,13-14,16-17,23H,4-7,10-12,15H2,1-3H3. The number of hydrogen-bond acceptors (Lipinski definition) is 4. The average molecular weight is 450 g/mol. The van der Waals surface area contributed by atoms with Gasteiger partial charge in [-0.2, -0.15) is 0 Å². The monoisotopic (exact) mass is 449 g/mol. The van der Waals surface area contributed by atoms with Crippen LogP contribution in [0.25, 0.3) is 10.9 Å². The number of aromatic nitrogens is 3. The zero-order valence-corrected chi connectivity index (χ0v) is 19.7. The largest absolute Gasteiger partial charge is 0.345 e. The maximum atomic E-state index is 13.9. The van der Waals surface area contributed by atoms with Gasteiger partial charge in [0.15, 0.2) is 0 Å².